The number of aromatic nitrogens is 4. The van der Waals surface area contributed by atoms with E-state index in [9.17, 15) is 28.8 Å². The predicted molar refractivity (Wildman–Crippen MR) is 247 cm³/mol. The van der Waals surface area contributed by atoms with Crippen LogP contribution in [0.3, 0.4) is 0 Å². The van der Waals surface area contributed by atoms with Gasteiger partial charge < -0.3 is 30.3 Å². The molecule has 4 N–H and O–H groups in total. The van der Waals surface area contributed by atoms with Gasteiger partial charge >= 0.3 is 0 Å². The van der Waals surface area contributed by atoms with Crippen LogP contribution in [0, 0.1) is 5.41 Å². The maximum atomic E-state index is 13.4. The van der Waals surface area contributed by atoms with Crippen LogP contribution in [0.15, 0.2) is 85.5 Å². The minimum atomic E-state index is -1.03. The van der Waals surface area contributed by atoms with Crippen LogP contribution in [0.2, 0.25) is 0 Å². The summed E-state index contributed by atoms with van der Waals surface area (Å²) < 4.78 is 2.09. The molecule has 0 bridgehead atoms. The molecule has 2 aliphatic carbocycles. The molecule has 3 aromatic carbocycles. The number of imidazole rings is 1. The number of fused-ring (bicyclic) bond motifs is 2. The van der Waals surface area contributed by atoms with Crippen molar-refractivity contribution in [3.8, 4) is 0 Å². The molecule has 2 aromatic heterocycles. The molecule has 11 rings (SSSR count). The van der Waals surface area contributed by atoms with Crippen molar-refractivity contribution < 1.29 is 28.8 Å². The van der Waals surface area contributed by atoms with Crippen molar-refractivity contribution in [2.24, 2.45) is 5.41 Å². The molecular weight excluding hydrogens is 853 g/mol. The van der Waals surface area contributed by atoms with Gasteiger partial charge in [0.05, 0.1) is 30.4 Å². The Morgan fingerprint density at radius 3 is 2.34 bits per heavy atom. The van der Waals surface area contributed by atoms with Crippen molar-refractivity contribution in [1.29, 1.82) is 0 Å². The SMILES string of the molecule is O=C1CC[C@H](N2C(=O)c3ccc(NCC(=O)N4CCC5(CC(N6CCN(c7ccc(Nc8ncnc9c8ncn9C8CC(NC(=O)Cc9ccccc9)C8)cc7)CC6)C5)C4)cc3C2=O)C(=O)N1. The zero-order valence-corrected chi connectivity index (χ0v) is 37.0. The summed E-state index contributed by atoms with van der Waals surface area (Å²) in [5, 5.41) is 12.0. The number of hydrogen-bond donors (Lipinski definition) is 4. The molecule has 344 valence electrons. The van der Waals surface area contributed by atoms with Gasteiger partial charge in [-0.25, -0.2) is 15.0 Å². The number of nitrogens with one attached hydrogen (secondary N) is 4. The summed E-state index contributed by atoms with van der Waals surface area (Å²) in [6.45, 7) is 5.36. The van der Waals surface area contributed by atoms with Gasteiger partial charge in [0.25, 0.3) is 11.8 Å². The van der Waals surface area contributed by atoms with Crippen molar-refractivity contribution >= 4 is 69.5 Å². The van der Waals surface area contributed by atoms with Crippen LogP contribution >= 0.6 is 0 Å². The Hall–Kier alpha value is -7.21. The molecule has 1 atom stereocenters. The van der Waals surface area contributed by atoms with Crippen molar-refractivity contribution in [1.82, 2.24) is 44.9 Å². The van der Waals surface area contributed by atoms with E-state index in [2.05, 4.69) is 74.9 Å². The molecule has 6 aliphatic rings. The van der Waals surface area contributed by atoms with Gasteiger partial charge in [0.2, 0.25) is 23.6 Å². The molecule has 4 aliphatic heterocycles. The highest BCUT2D eigenvalue weighted by Crippen LogP contribution is 2.50. The zero-order chi connectivity index (χ0) is 45.8. The maximum absolute atomic E-state index is 13.4. The first-order valence-electron chi connectivity index (χ1n) is 23.3. The third-order valence-corrected chi connectivity index (χ3v) is 14.8. The summed E-state index contributed by atoms with van der Waals surface area (Å²) in [7, 11) is 0. The lowest BCUT2D eigenvalue weighted by molar-refractivity contribution is -0.136. The van der Waals surface area contributed by atoms with Gasteiger partial charge in [-0.2, -0.15) is 0 Å². The number of benzene rings is 3. The van der Waals surface area contributed by atoms with Crippen LogP contribution in [0.1, 0.15) is 77.3 Å². The Kier molecular flexibility index (Phi) is 10.9. The van der Waals surface area contributed by atoms with Crippen LogP contribution in [-0.2, 0) is 25.6 Å². The summed E-state index contributed by atoms with van der Waals surface area (Å²) in [5.41, 5.74) is 5.64. The fraction of sp³-hybridized carbons (Fsp3) is 0.408. The molecule has 0 unspecified atom stereocenters. The molecule has 5 aromatic rings. The first kappa shape index (κ1) is 42.4. The van der Waals surface area contributed by atoms with E-state index in [1.54, 1.807) is 24.5 Å². The van der Waals surface area contributed by atoms with E-state index in [0.717, 1.165) is 86.6 Å². The molecular formula is C49H52N12O6. The lowest BCUT2D eigenvalue weighted by atomic mass is 9.64. The van der Waals surface area contributed by atoms with Gasteiger partial charge in [-0.1, -0.05) is 30.3 Å². The number of rotatable bonds is 12. The summed E-state index contributed by atoms with van der Waals surface area (Å²) >= 11 is 0. The molecule has 67 heavy (non-hydrogen) atoms. The highest BCUT2D eigenvalue weighted by atomic mass is 16.2. The number of imide groups is 2. The Balaban J connectivity index is 0.616. The fourth-order valence-electron chi connectivity index (χ4n) is 11.0. The first-order valence-corrected chi connectivity index (χ1v) is 23.3. The highest BCUT2D eigenvalue weighted by molar-refractivity contribution is 6.23. The Labute approximate surface area is 386 Å². The standard InChI is InChI=1S/C49H52N12O6/c62-40-13-12-39(46(65)56-40)61-47(66)37-11-8-32(23-38(37)48(61)67)50-26-42(64)59-15-14-49(27-59)24-36(25-49)58-18-16-57(17-19-58)34-9-6-31(7-10-34)55-44-43-45(52-28-51-44)60(29-53-43)35-21-33(22-35)54-41(63)20-30-4-2-1-3-5-30/h1-11,23,28-29,33,35-36,39,50H,12-22,24-27H2,(H,54,63)(H,51,52,55)(H,56,62,65)/t33?,35?,36?,39-,49?/m0/s1. The van der Waals surface area contributed by atoms with Crippen LogP contribution in [0.5, 0.6) is 0 Å². The number of piperidine rings is 1. The minimum Gasteiger partial charge on any atom is -0.376 e. The number of carbonyl (C=O) groups excluding carboxylic acids is 6. The highest BCUT2D eigenvalue weighted by Gasteiger charge is 2.51. The van der Waals surface area contributed by atoms with Crippen molar-refractivity contribution in [3.05, 3.63) is 102 Å². The number of amides is 6. The second-order valence-corrected chi connectivity index (χ2v) is 19.0. The Morgan fingerprint density at radius 2 is 1.57 bits per heavy atom. The van der Waals surface area contributed by atoms with Gasteiger partial charge in [-0.15, -0.1) is 0 Å². The van der Waals surface area contributed by atoms with Gasteiger partial charge in [-0.3, -0.25) is 43.9 Å². The summed E-state index contributed by atoms with van der Waals surface area (Å²) in [5.74, 6) is -1.53. The van der Waals surface area contributed by atoms with E-state index in [0.29, 0.717) is 36.0 Å². The van der Waals surface area contributed by atoms with Crippen LogP contribution < -0.4 is 26.2 Å². The van der Waals surface area contributed by atoms with Crippen molar-refractivity contribution in [2.45, 2.75) is 75.5 Å². The van der Waals surface area contributed by atoms with Crippen molar-refractivity contribution in [3.63, 3.8) is 0 Å². The molecule has 3 saturated heterocycles. The monoisotopic (exact) mass is 904 g/mol. The summed E-state index contributed by atoms with van der Waals surface area (Å²) in [6, 6.07) is 22.8. The molecule has 6 amide bonds. The number of nitrogens with zero attached hydrogens (tertiary/aromatic N) is 8. The number of hydrogen-bond acceptors (Lipinski definition) is 13. The number of anilines is 4. The van der Waals surface area contributed by atoms with Gasteiger partial charge in [0.15, 0.2) is 17.0 Å². The van der Waals surface area contributed by atoms with Gasteiger partial charge in [-0.05, 0) is 92.0 Å². The van der Waals surface area contributed by atoms with E-state index in [1.165, 1.54) is 5.69 Å². The first-order chi connectivity index (χ1) is 32.6. The van der Waals surface area contributed by atoms with Crippen LogP contribution in [-0.4, -0.2) is 134 Å². The van der Waals surface area contributed by atoms with E-state index >= 15 is 0 Å². The third kappa shape index (κ3) is 8.23. The molecule has 18 nitrogen and oxygen atoms in total. The van der Waals surface area contributed by atoms with E-state index in [-0.39, 0.29) is 59.8 Å². The quantitative estimate of drug-likeness (QED) is 0.132. The number of carbonyl (C=O) groups is 6. The lowest BCUT2D eigenvalue weighted by Crippen LogP contribution is -2.57. The second-order valence-electron chi connectivity index (χ2n) is 19.0. The smallest absolute Gasteiger partial charge is 0.262 e. The molecule has 2 saturated carbocycles. The average molecular weight is 905 g/mol. The van der Waals surface area contributed by atoms with Crippen LogP contribution in [0.4, 0.5) is 22.9 Å². The predicted octanol–water partition coefficient (Wildman–Crippen LogP) is 3.65. The molecule has 6 heterocycles. The van der Waals surface area contributed by atoms with Gasteiger partial charge in [0.1, 0.15) is 12.4 Å². The molecule has 0 radical (unpaired) electrons. The minimum absolute atomic E-state index is 0.00863. The second kappa shape index (κ2) is 17.2. The van der Waals surface area contributed by atoms with Gasteiger partial charge in [0, 0.05) is 80.9 Å². The topological polar surface area (TPSA) is 207 Å². The van der Waals surface area contributed by atoms with Crippen LogP contribution in [0.25, 0.3) is 11.2 Å². The average Bonchev–Trinajstić information content (AvgIpc) is 4.02. The number of piperazine rings is 1. The molecule has 18 heteroatoms. The third-order valence-electron chi connectivity index (χ3n) is 14.8. The molecule has 5 fully saturated rings. The van der Waals surface area contributed by atoms with E-state index in [1.807, 2.05) is 41.6 Å². The Morgan fingerprint density at radius 1 is 0.806 bits per heavy atom. The zero-order valence-electron chi connectivity index (χ0n) is 37.0. The summed E-state index contributed by atoms with van der Waals surface area (Å²) in [6.07, 6.45) is 8.72. The van der Waals surface area contributed by atoms with E-state index in [4.69, 9.17) is 0 Å². The lowest BCUT2D eigenvalue weighted by Gasteiger charge is -2.52. The largest absolute Gasteiger partial charge is 0.376 e. The van der Waals surface area contributed by atoms with E-state index < -0.39 is 29.7 Å². The maximum Gasteiger partial charge on any atom is 0.262 e. The molecule has 1 spiro atoms. The normalized spacial score (nSPS) is 24.9. The Bertz CT molecular complexity index is 2780. The van der Waals surface area contributed by atoms with Crippen molar-refractivity contribution in [2.75, 3.05) is 61.3 Å². The summed E-state index contributed by atoms with van der Waals surface area (Å²) in [4.78, 5) is 98.0. The fourth-order valence-corrected chi connectivity index (χ4v) is 11.0. The number of likely N-dealkylation sites (tertiary alicyclic amines) is 1.